The lowest BCUT2D eigenvalue weighted by Gasteiger charge is -2.19. The second-order valence-electron chi connectivity index (χ2n) is 7.39. The third-order valence-corrected chi connectivity index (χ3v) is 5.26. The number of hydrogen-bond acceptors (Lipinski definition) is 5. The minimum atomic E-state index is -4.10. The Morgan fingerprint density at radius 2 is 1.63 bits per heavy atom. The van der Waals surface area contributed by atoms with Crippen LogP contribution in [0.5, 0.6) is 0 Å². The van der Waals surface area contributed by atoms with E-state index in [0.29, 0.717) is 0 Å². The Bertz CT molecular complexity index is 797. The van der Waals surface area contributed by atoms with Crippen molar-refractivity contribution in [1.29, 1.82) is 0 Å². The van der Waals surface area contributed by atoms with Crippen molar-refractivity contribution in [2.45, 2.75) is 65.8 Å². The van der Waals surface area contributed by atoms with Crippen molar-refractivity contribution < 1.29 is 13.2 Å². The number of benzene rings is 1. The summed E-state index contributed by atoms with van der Waals surface area (Å²) in [6.07, 6.45) is 2.49. The van der Waals surface area contributed by atoms with Gasteiger partial charge >= 0.3 is 0 Å². The van der Waals surface area contributed by atoms with Crippen LogP contribution in [0.1, 0.15) is 70.1 Å². The molecule has 0 aliphatic carbocycles. The lowest BCUT2D eigenvalue weighted by molar-refractivity contribution is -0.118. The quantitative estimate of drug-likeness (QED) is 0.662. The summed E-state index contributed by atoms with van der Waals surface area (Å²) in [7, 11) is -4.10. The standard InChI is InChI=1S/C20H31N3O3S/c1-13(2)16-8-7-9-17(14(3)4)18(16)12-20(24)23-27(25,26)19(21)10-11-22-15(5)6/h7-11,13-15H,12,21H2,1-6H3,(H,23,24). The molecule has 0 aromatic heterocycles. The average molecular weight is 394 g/mol. The molecule has 0 spiro atoms. The molecule has 0 fully saturated rings. The highest BCUT2D eigenvalue weighted by atomic mass is 32.2. The maximum absolute atomic E-state index is 12.5. The van der Waals surface area contributed by atoms with Crippen molar-refractivity contribution in [3.8, 4) is 0 Å². The van der Waals surface area contributed by atoms with Crippen LogP contribution in [0.2, 0.25) is 0 Å². The third kappa shape index (κ3) is 6.82. The SMILES string of the molecule is CC(C)N=CC=C(N)S(=O)(=O)NC(=O)Cc1c(C(C)C)cccc1C(C)C. The van der Waals surface area contributed by atoms with Crippen LogP contribution in [0.3, 0.4) is 0 Å². The molecule has 1 amide bonds. The zero-order chi connectivity index (χ0) is 20.8. The van der Waals surface area contributed by atoms with Gasteiger partial charge in [0, 0.05) is 12.3 Å². The Morgan fingerprint density at radius 3 is 2.07 bits per heavy atom. The summed E-state index contributed by atoms with van der Waals surface area (Å²) in [6, 6.07) is 5.94. The molecular weight excluding hydrogens is 362 g/mol. The highest BCUT2D eigenvalue weighted by molar-refractivity contribution is 7.93. The number of allylic oxidation sites excluding steroid dienone is 1. The molecule has 3 N–H and O–H groups in total. The summed E-state index contributed by atoms with van der Waals surface area (Å²) in [5.41, 5.74) is 8.56. The van der Waals surface area contributed by atoms with Crippen molar-refractivity contribution in [2.75, 3.05) is 0 Å². The maximum atomic E-state index is 12.5. The van der Waals surface area contributed by atoms with Crippen molar-refractivity contribution >= 4 is 22.1 Å². The fourth-order valence-corrected chi connectivity index (χ4v) is 3.42. The van der Waals surface area contributed by atoms with Crippen LogP contribution >= 0.6 is 0 Å². The summed E-state index contributed by atoms with van der Waals surface area (Å²) < 4.78 is 26.6. The van der Waals surface area contributed by atoms with Gasteiger partial charge in [-0.25, -0.2) is 4.72 Å². The smallest absolute Gasteiger partial charge is 0.279 e. The molecule has 0 bridgehead atoms. The fourth-order valence-electron chi connectivity index (χ4n) is 2.69. The van der Waals surface area contributed by atoms with Gasteiger partial charge in [0.15, 0.2) is 0 Å². The first-order valence-electron chi connectivity index (χ1n) is 9.12. The Labute approximate surface area is 163 Å². The molecule has 1 rings (SSSR count). The van der Waals surface area contributed by atoms with Gasteiger partial charge in [-0.1, -0.05) is 45.9 Å². The first-order chi connectivity index (χ1) is 12.5. The number of amides is 1. The monoisotopic (exact) mass is 393 g/mol. The minimum Gasteiger partial charge on any atom is -0.388 e. The molecule has 0 heterocycles. The van der Waals surface area contributed by atoms with Gasteiger partial charge in [0.25, 0.3) is 10.0 Å². The summed E-state index contributed by atoms with van der Waals surface area (Å²) in [4.78, 5) is 16.5. The third-order valence-electron chi connectivity index (χ3n) is 4.01. The number of carbonyl (C=O) groups excluding carboxylic acids is 1. The number of carbonyl (C=O) groups is 1. The molecule has 0 unspecified atom stereocenters. The zero-order valence-electron chi connectivity index (χ0n) is 17.0. The predicted molar refractivity (Wildman–Crippen MR) is 111 cm³/mol. The van der Waals surface area contributed by atoms with Crippen LogP contribution in [0.15, 0.2) is 34.3 Å². The molecule has 1 aromatic carbocycles. The van der Waals surface area contributed by atoms with Gasteiger partial charge in [-0.05, 0) is 48.4 Å². The molecule has 6 nitrogen and oxygen atoms in total. The molecule has 0 aliphatic rings. The molecule has 0 atom stereocenters. The lowest BCUT2D eigenvalue weighted by atomic mass is 9.87. The highest BCUT2D eigenvalue weighted by Crippen LogP contribution is 2.28. The Kier molecular flexibility index (Phi) is 8.21. The second-order valence-corrected chi connectivity index (χ2v) is 9.07. The predicted octanol–water partition coefficient (Wildman–Crippen LogP) is 3.20. The van der Waals surface area contributed by atoms with E-state index in [1.54, 1.807) is 0 Å². The second kappa shape index (κ2) is 9.69. The highest BCUT2D eigenvalue weighted by Gasteiger charge is 2.21. The van der Waals surface area contributed by atoms with Crippen molar-refractivity contribution in [3.63, 3.8) is 0 Å². The number of hydrogen-bond donors (Lipinski definition) is 2. The van der Waals surface area contributed by atoms with Crippen molar-refractivity contribution in [2.24, 2.45) is 10.7 Å². The number of nitrogens with zero attached hydrogens (tertiary/aromatic N) is 1. The number of rotatable bonds is 8. The zero-order valence-corrected chi connectivity index (χ0v) is 17.8. The summed E-state index contributed by atoms with van der Waals surface area (Å²) in [5, 5.41) is -0.443. The van der Waals surface area contributed by atoms with Crippen LogP contribution in [0, 0.1) is 0 Å². The Hall–Kier alpha value is -2.15. The van der Waals surface area contributed by atoms with Gasteiger partial charge in [0.05, 0.1) is 6.42 Å². The van der Waals surface area contributed by atoms with Crippen LogP contribution in [0.25, 0.3) is 0 Å². The van der Waals surface area contributed by atoms with E-state index in [2.05, 4.69) is 9.71 Å². The van der Waals surface area contributed by atoms with Crippen LogP contribution in [-0.2, 0) is 21.2 Å². The van der Waals surface area contributed by atoms with Gasteiger partial charge in [-0.2, -0.15) is 8.42 Å². The molecular formula is C20H31N3O3S. The van der Waals surface area contributed by atoms with Crippen LogP contribution in [0.4, 0.5) is 0 Å². The molecule has 0 saturated heterocycles. The lowest BCUT2D eigenvalue weighted by Crippen LogP contribution is -2.35. The maximum Gasteiger partial charge on any atom is 0.279 e. The summed E-state index contributed by atoms with van der Waals surface area (Å²) >= 11 is 0. The van der Waals surface area contributed by atoms with Gasteiger partial charge in [-0.15, -0.1) is 0 Å². The Morgan fingerprint density at radius 1 is 1.11 bits per heavy atom. The van der Waals surface area contributed by atoms with Gasteiger partial charge < -0.3 is 5.73 Å². The van der Waals surface area contributed by atoms with E-state index in [1.165, 1.54) is 12.3 Å². The fraction of sp³-hybridized carbons (Fsp3) is 0.500. The first kappa shape index (κ1) is 22.9. The first-order valence-corrected chi connectivity index (χ1v) is 10.6. The number of nitrogens with two attached hydrogens (primary N) is 1. The van der Waals surface area contributed by atoms with E-state index < -0.39 is 21.0 Å². The normalized spacial score (nSPS) is 13.1. The number of nitrogens with one attached hydrogen (secondary N) is 1. The largest absolute Gasteiger partial charge is 0.388 e. The van der Waals surface area contributed by atoms with Crippen molar-refractivity contribution in [1.82, 2.24) is 4.72 Å². The molecule has 27 heavy (non-hydrogen) atoms. The molecule has 0 saturated carbocycles. The van der Waals surface area contributed by atoms with Gasteiger partial charge in [-0.3, -0.25) is 9.79 Å². The average Bonchev–Trinajstić information content (AvgIpc) is 2.53. The number of sulfonamides is 1. The topological polar surface area (TPSA) is 102 Å². The summed E-state index contributed by atoms with van der Waals surface area (Å²) in [5.74, 6) is -0.164. The van der Waals surface area contributed by atoms with Crippen molar-refractivity contribution in [3.05, 3.63) is 46.0 Å². The van der Waals surface area contributed by atoms with E-state index in [-0.39, 0.29) is 24.3 Å². The minimum absolute atomic E-state index is 0.0194. The van der Waals surface area contributed by atoms with Gasteiger partial charge in [0.1, 0.15) is 5.03 Å². The number of aliphatic imine (C=N–C) groups is 1. The van der Waals surface area contributed by atoms with Crippen LogP contribution in [-0.4, -0.2) is 26.6 Å². The van der Waals surface area contributed by atoms with E-state index >= 15 is 0 Å². The van der Waals surface area contributed by atoms with E-state index in [9.17, 15) is 13.2 Å². The molecule has 150 valence electrons. The van der Waals surface area contributed by atoms with E-state index in [1.807, 2.05) is 59.7 Å². The van der Waals surface area contributed by atoms with Gasteiger partial charge in [0.2, 0.25) is 5.91 Å². The van der Waals surface area contributed by atoms with E-state index in [0.717, 1.165) is 16.7 Å². The molecule has 0 radical (unpaired) electrons. The Balaban J connectivity index is 3.07. The molecule has 1 aromatic rings. The van der Waals surface area contributed by atoms with Crippen LogP contribution < -0.4 is 10.5 Å². The summed E-state index contributed by atoms with van der Waals surface area (Å²) in [6.45, 7) is 11.9. The molecule has 7 heteroatoms. The van der Waals surface area contributed by atoms with E-state index in [4.69, 9.17) is 5.73 Å². The molecule has 0 aliphatic heterocycles.